The standard InChI is InChI=1S/C8H14O/c1-6-4-8(3,5-6)7(2)9/h6H,4-5H2,1-3H3. The SMILES string of the molecule is CC(=O)C1(C)CC(C)C1. The minimum absolute atomic E-state index is 0.0550. The van der Waals surface area contributed by atoms with Gasteiger partial charge in [-0.05, 0) is 25.7 Å². The quantitative estimate of drug-likeness (QED) is 0.525. The fourth-order valence-corrected chi connectivity index (χ4v) is 1.77. The summed E-state index contributed by atoms with van der Waals surface area (Å²) in [5, 5.41) is 0. The van der Waals surface area contributed by atoms with Crippen LogP contribution in [0.3, 0.4) is 0 Å². The molecule has 0 bridgehead atoms. The van der Waals surface area contributed by atoms with E-state index in [1.807, 2.05) is 0 Å². The second-order valence-electron chi connectivity index (χ2n) is 3.63. The highest BCUT2D eigenvalue weighted by Crippen LogP contribution is 2.45. The molecule has 1 rings (SSSR count). The van der Waals surface area contributed by atoms with Crippen LogP contribution in [0.15, 0.2) is 0 Å². The first kappa shape index (κ1) is 6.79. The molecule has 1 aliphatic rings. The van der Waals surface area contributed by atoms with E-state index in [1.165, 1.54) is 0 Å². The number of hydrogen-bond donors (Lipinski definition) is 0. The predicted octanol–water partition coefficient (Wildman–Crippen LogP) is 2.01. The van der Waals surface area contributed by atoms with E-state index in [1.54, 1.807) is 6.92 Å². The van der Waals surface area contributed by atoms with E-state index in [0.717, 1.165) is 18.8 Å². The van der Waals surface area contributed by atoms with Gasteiger partial charge in [0.15, 0.2) is 0 Å². The van der Waals surface area contributed by atoms with Gasteiger partial charge < -0.3 is 0 Å². The van der Waals surface area contributed by atoms with Crippen molar-refractivity contribution in [3.63, 3.8) is 0 Å². The molecule has 0 amide bonds. The molecule has 0 saturated heterocycles. The molecule has 0 N–H and O–H groups in total. The largest absolute Gasteiger partial charge is 0.299 e. The summed E-state index contributed by atoms with van der Waals surface area (Å²) in [6.07, 6.45) is 2.20. The van der Waals surface area contributed by atoms with Crippen LogP contribution in [0.1, 0.15) is 33.6 Å². The Labute approximate surface area is 56.4 Å². The molecule has 1 saturated carbocycles. The van der Waals surface area contributed by atoms with Gasteiger partial charge in [0.05, 0.1) is 0 Å². The first-order valence-electron chi connectivity index (χ1n) is 3.56. The molecule has 1 nitrogen and oxygen atoms in total. The Kier molecular flexibility index (Phi) is 1.38. The number of ketones is 1. The van der Waals surface area contributed by atoms with Crippen molar-refractivity contribution in [1.29, 1.82) is 0 Å². The molecule has 0 spiro atoms. The normalized spacial score (nSPS) is 41.9. The number of carbonyl (C=O) groups excluding carboxylic acids is 1. The van der Waals surface area contributed by atoms with Crippen LogP contribution in [-0.4, -0.2) is 5.78 Å². The third kappa shape index (κ3) is 1.00. The fourth-order valence-electron chi connectivity index (χ4n) is 1.77. The summed E-state index contributed by atoms with van der Waals surface area (Å²) < 4.78 is 0. The molecule has 1 heteroatoms. The van der Waals surface area contributed by atoms with E-state index in [4.69, 9.17) is 0 Å². The molecule has 0 heterocycles. The lowest BCUT2D eigenvalue weighted by molar-refractivity contribution is -0.132. The first-order valence-corrected chi connectivity index (χ1v) is 3.56. The van der Waals surface area contributed by atoms with Crippen LogP contribution >= 0.6 is 0 Å². The molecule has 9 heavy (non-hydrogen) atoms. The van der Waals surface area contributed by atoms with Gasteiger partial charge in [-0.25, -0.2) is 0 Å². The van der Waals surface area contributed by atoms with Gasteiger partial charge in [0.25, 0.3) is 0 Å². The average molecular weight is 126 g/mol. The summed E-state index contributed by atoms with van der Waals surface area (Å²) in [5.41, 5.74) is 0.0550. The van der Waals surface area contributed by atoms with Crippen LogP contribution in [0.2, 0.25) is 0 Å². The van der Waals surface area contributed by atoms with Crippen molar-refractivity contribution in [2.75, 3.05) is 0 Å². The molecule has 0 unspecified atom stereocenters. The van der Waals surface area contributed by atoms with Gasteiger partial charge in [0, 0.05) is 5.41 Å². The monoisotopic (exact) mass is 126 g/mol. The van der Waals surface area contributed by atoms with Gasteiger partial charge in [-0.1, -0.05) is 13.8 Å². The Morgan fingerprint density at radius 1 is 1.56 bits per heavy atom. The Balaban J connectivity index is 2.50. The maximum Gasteiger partial charge on any atom is 0.135 e. The smallest absolute Gasteiger partial charge is 0.135 e. The third-order valence-electron chi connectivity index (χ3n) is 2.45. The van der Waals surface area contributed by atoms with Crippen LogP contribution in [0.4, 0.5) is 0 Å². The lowest BCUT2D eigenvalue weighted by atomic mass is 9.62. The van der Waals surface area contributed by atoms with Crippen molar-refractivity contribution in [2.45, 2.75) is 33.6 Å². The molecule has 0 radical (unpaired) electrons. The van der Waals surface area contributed by atoms with Crippen LogP contribution in [0.25, 0.3) is 0 Å². The van der Waals surface area contributed by atoms with E-state index >= 15 is 0 Å². The van der Waals surface area contributed by atoms with E-state index in [0.29, 0.717) is 5.78 Å². The Morgan fingerprint density at radius 3 is 2.11 bits per heavy atom. The van der Waals surface area contributed by atoms with Crippen molar-refractivity contribution in [2.24, 2.45) is 11.3 Å². The number of Topliss-reactive ketones (excluding diaryl/α,β-unsaturated/α-hetero) is 1. The molecule has 52 valence electrons. The highest BCUT2D eigenvalue weighted by molar-refractivity contribution is 5.82. The predicted molar refractivity (Wildman–Crippen MR) is 37.2 cm³/mol. The number of carbonyl (C=O) groups is 1. The summed E-state index contributed by atoms with van der Waals surface area (Å²) >= 11 is 0. The Hall–Kier alpha value is -0.330. The van der Waals surface area contributed by atoms with E-state index in [9.17, 15) is 4.79 Å². The lowest BCUT2D eigenvalue weighted by Crippen LogP contribution is -2.38. The first-order chi connectivity index (χ1) is 4.04. The molecule has 0 aliphatic heterocycles. The summed E-state index contributed by atoms with van der Waals surface area (Å²) in [7, 11) is 0. The number of hydrogen-bond acceptors (Lipinski definition) is 1. The minimum Gasteiger partial charge on any atom is -0.299 e. The topological polar surface area (TPSA) is 17.1 Å². The van der Waals surface area contributed by atoms with E-state index in [-0.39, 0.29) is 5.41 Å². The molecular formula is C8H14O. The van der Waals surface area contributed by atoms with Crippen molar-refractivity contribution >= 4 is 5.78 Å². The van der Waals surface area contributed by atoms with Gasteiger partial charge in [0.1, 0.15) is 5.78 Å². The van der Waals surface area contributed by atoms with E-state index in [2.05, 4.69) is 13.8 Å². The molecular weight excluding hydrogens is 112 g/mol. The van der Waals surface area contributed by atoms with Crippen molar-refractivity contribution in [3.8, 4) is 0 Å². The van der Waals surface area contributed by atoms with Crippen LogP contribution in [0.5, 0.6) is 0 Å². The van der Waals surface area contributed by atoms with Crippen LogP contribution in [0, 0.1) is 11.3 Å². The second-order valence-corrected chi connectivity index (χ2v) is 3.63. The highest BCUT2D eigenvalue weighted by Gasteiger charge is 2.41. The Bertz CT molecular complexity index is 132. The zero-order valence-electron chi connectivity index (χ0n) is 6.40. The van der Waals surface area contributed by atoms with Gasteiger partial charge in [-0.3, -0.25) is 4.79 Å². The van der Waals surface area contributed by atoms with Gasteiger partial charge in [-0.2, -0.15) is 0 Å². The highest BCUT2D eigenvalue weighted by atomic mass is 16.1. The van der Waals surface area contributed by atoms with Crippen LogP contribution < -0.4 is 0 Å². The zero-order valence-corrected chi connectivity index (χ0v) is 6.40. The summed E-state index contributed by atoms with van der Waals surface area (Å²) in [4.78, 5) is 10.9. The summed E-state index contributed by atoms with van der Waals surface area (Å²) in [6.45, 7) is 5.96. The lowest BCUT2D eigenvalue weighted by Gasteiger charge is -2.41. The molecule has 1 aliphatic carbocycles. The summed E-state index contributed by atoms with van der Waals surface area (Å²) in [5.74, 6) is 1.14. The molecule has 0 atom stereocenters. The second kappa shape index (κ2) is 1.83. The molecule has 0 aromatic rings. The molecule has 1 fully saturated rings. The third-order valence-corrected chi connectivity index (χ3v) is 2.45. The molecule has 0 aromatic heterocycles. The maximum absolute atomic E-state index is 10.9. The van der Waals surface area contributed by atoms with Crippen molar-refractivity contribution in [1.82, 2.24) is 0 Å². The zero-order chi connectivity index (χ0) is 7.07. The number of rotatable bonds is 1. The average Bonchev–Trinajstić information content (AvgIpc) is 1.62. The van der Waals surface area contributed by atoms with Crippen LogP contribution in [-0.2, 0) is 4.79 Å². The maximum atomic E-state index is 10.9. The van der Waals surface area contributed by atoms with Crippen molar-refractivity contribution in [3.05, 3.63) is 0 Å². The molecule has 0 aromatic carbocycles. The van der Waals surface area contributed by atoms with Gasteiger partial charge in [0.2, 0.25) is 0 Å². The van der Waals surface area contributed by atoms with Gasteiger partial charge in [-0.15, -0.1) is 0 Å². The van der Waals surface area contributed by atoms with Gasteiger partial charge >= 0.3 is 0 Å². The van der Waals surface area contributed by atoms with Crippen molar-refractivity contribution < 1.29 is 4.79 Å². The minimum atomic E-state index is 0.0550. The Morgan fingerprint density at radius 2 is 2.00 bits per heavy atom. The summed E-state index contributed by atoms with van der Waals surface area (Å²) in [6, 6.07) is 0. The van der Waals surface area contributed by atoms with E-state index < -0.39 is 0 Å². The fraction of sp³-hybridized carbons (Fsp3) is 0.875.